The van der Waals surface area contributed by atoms with E-state index in [-0.39, 0.29) is 11.8 Å². The highest BCUT2D eigenvalue weighted by Gasteiger charge is 2.47. The summed E-state index contributed by atoms with van der Waals surface area (Å²) in [5, 5.41) is 7.06. The number of nitrogens with zero attached hydrogens (tertiary/aromatic N) is 3. The summed E-state index contributed by atoms with van der Waals surface area (Å²) in [7, 11) is 0. The topological polar surface area (TPSA) is 67.2 Å². The summed E-state index contributed by atoms with van der Waals surface area (Å²) in [6, 6.07) is -0.461. The molecule has 20 heavy (non-hydrogen) atoms. The third-order valence-corrected chi connectivity index (χ3v) is 4.02. The monoisotopic (exact) mass is 278 g/mol. The molecule has 2 amide bonds. The number of carbonyl (C=O) groups excluding carboxylic acids is 2. The van der Waals surface area contributed by atoms with Gasteiger partial charge in [-0.25, -0.2) is 0 Å². The fourth-order valence-corrected chi connectivity index (χ4v) is 2.49. The van der Waals surface area contributed by atoms with Crippen LogP contribution in [0.1, 0.15) is 40.5 Å². The van der Waals surface area contributed by atoms with Crippen LogP contribution in [0.5, 0.6) is 0 Å². The van der Waals surface area contributed by atoms with E-state index in [1.54, 1.807) is 22.7 Å². The van der Waals surface area contributed by atoms with E-state index in [0.717, 1.165) is 6.54 Å². The maximum absolute atomic E-state index is 12.8. The molecule has 1 fully saturated rings. The van der Waals surface area contributed by atoms with Gasteiger partial charge in [0.2, 0.25) is 5.91 Å². The van der Waals surface area contributed by atoms with Gasteiger partial charge >= 0.3 is 0 Å². The SMILES string of the molecule is CCC1C(=O)NC(C)(CC)C(=O)N1c1cnn(CC)c1. The highest BCUT2D eigenvalue weighted by atomic mass is 16.2. The molecule has 1 aliphatic rings. The number of aryl methyl sites for hydroxylation is 1. The Morgan fingerprint density at radius 3 is 2.55 bits per heavy atom. The van der Waals surface area contributed by atoms with Crippen molar-refractivity contribution in [2.75, 3.05) is 4.90 Å². The lowest BCUT2D eigenvalue weighted by molar-refractivity contribution is -0.138. The highest BCUT2D eigenvalue weighted by molar-refractivity contribution is 6.10. The summed E-state index contributed by atoms with van der Waals surface area (Å²) in [4.78, 5) is 26.6. The van der Waals surface area contributed by atoms with Gasteiger partial charge in [-0.2, -0.15) is 5.10 Å². The number of aromatic nitrogens is 2. The molecule has 6 nitrogen and oxygen atoms in total. The lowest BCUT2D eigenvalue weighted by Crippen LogP contribution is -2.69. The minimum atomic E-state index is -0.836. The van der Waals surface area contributed by atoms with E-state index in [4.69, 9.17) is 0 Å². The number of anilines is 1. The zero-order valence-corrected chi connectivity index (χ0v) is 12.5. The predicted molar refractivity (Wildman–Crippen MR) is 76.3 cm³/mol. The average Bonchev–Trinajstić information content (AvgIpc) is 2.91. The van der Waals surface area contributed by atoms with Crippen molar-refractivity contribution >= 4 is 17.5 Å². The number of carbonyl (C=O) groups is 2. The minimum absolute atomic E-state index is 0.0675. The molecule has 2 heterocycles. The molecule has 110 valence electrons. The van der Waals surface area contributed by atoms with Gasteiger partial charge in [0.1, 0.15) is 11.6 Å². The molecular weight excluding hydrogens is 256 g/mol. The molecule has 0 saturated carbocycles. The van der Waals surface area contributed by atoms with E-state index in [0.29, 0.717) is 18.5 Å². The van der Waals surface area contributed by atoms with Gasteiger partial charge in [-0.05, 0) is 26.7 Å². The van der Waals surface area contributed by atoms with E-state index in [9.17, 15) is 9.59 Å². The first kappa shape index (κ1) is 14.6. The first-order chi connectivity index (χ1) is 9.46. The van der Waals surface area contributed by atoms with Crippen LogP contribution in [-0.2, 0) is 16.1 Å². The van der Waals surface area contributed by atoms with Crippen molar-refractivity contribution in [1.82, 2.24) is 15.1 Å². The van der Waals surface area contributed by atoms with E-state index < -0.39 is 11.6 Å². The Morgan fingerprint density at radius 2 is 2.05 bits per heavy atom. The van der Waals surface area contributed by atoms with Crippen molar-refractivity contribution in [1.29, 1.82) is 0 Å². The molecule has 2 unspecified atom stereocenters. The number of hydrogen-bond donors (Lipinski definition) is 1. The predicted octanol–water partition coefficient (Wildman–Crippen LogP) is 1.31. The molecule has 6 heteroatoms. The van der Waals surface area contributed by atoms with Crippen LogP contribution in [0.3, 0.4) is 0 Å². The van der Waals surface area contributed by atoms with Gasteiger partial charge in [0.15, 0.2) is 0 Å². The summed E-state index contributed by atoms with van der Waals surface area (Å²) < 4.78 is 1.76. The molecule has 0 bridgehead atoms. The molecule has 2 rings (SSSR count). The molecule has 1 N–H and O–H groups in total. The maximum Gasteiger partial charge on any atom is 0.253 e. The third kappa shape index (κ3) is 2.19. The summed E-state index contributed by atoms with van der Waals surface area (Å²) in [5.41, 5.74) is -0.143. The van der Waals surface area contributed by atoms with Crippen LogP contribution in [0.2, 0.25) is 0 Å². The molecule has 0 spiro atoms. The van der Waals surface area contributed by atoms with Crippen molar-refractivity contribution in [3.8, 4) is 0 Å². The van der Waals surface area contributed by atoms with Gasteiger partial charge in [-0.15, -0.1) is 0 Å². The first-order valence-corrected chi connectivity index (χ1v) is 7.15. The van der Waals surface area contributed by atoms with Crippen molar-refractivity contribution in [3.63, 3.8) is 0 Å². The minimum Gasteiger partial charge on any atom is -0.340 e. The van der Waals surface area contributed by atoms with E-state index in [1.165, 1.54) is 0 Å². The molecule has 1 aromatic heterocycles. The Morgan fingerprint density at radius 1 is 1.35 bits per heavy atom. The molecule has 2 atom stereocenters. The second-order valence-corrected chi connectivity index (χ2v) is 5.33. The maximum atomic E-state index is 12.8. The number of nitrogens with one attached hydrogen (secondary N) is 1. The quantitative estimate of drug-likeness (QED) is 0.903. The van der Waals surface area contributed by atoms with Gasteiger partial charge in [-0.3, -0.25) is 19.2 Å². The Hall–Kier alpha value is -1.85. The standard InChI is InChI=1S/C14H22N4O2/c1-5-11-12(19)16-14(4,6-2)13(20)18(11)10-8-15-17(7-3)9-10/h8-9,11H,5-7H2,1-4H3,(H,16,19). The number of piperazine rings is 1. The van der Waals surface area contributed by atoms with Crippen LogP contribution in [0, 0.1) is 0 Å². The van der Waals surface area contributed by atoms with Crippen LogP contribution >= 0.6 is 0 Å². The van der Waals surface area contributed by atoms with Gasteiger partial charge in [-0.1, -0.05) is 13.8 Å². The largest absolute Gasteiger partial charge is 0.340 e. The van der Waals surface area contributed by atoms with Gasteiger partial charge in [0.25, 0.3) is 5.91 Å². The molecule has 1 saturated heterocycles. The fourth-order valence-electron chi connectivity index (χ4n) is 2.49. The summed E-state index contributed by atoms with van der Waals surface area (Å²) >= 11 is 0. The van der Waals surface area contributed by atoms with E-state index in [1.807, 2.05) is 27.0 Å². The molecule has 1 aliphatic heterocycles. The molecular formula is C14H22N4O2. The van der Waals surface area contributed by atoms with E-state index in [2.05, 4.69) is 10.4 Å². The smallest absolute Gasteiger partial charge is 0.253 e. The zero-order chi connectivity index (χ0) is 14.9. The van der Waals surface area contributed by atoms with Gasteiger partial charge < -0.3 is 5.32 Å². The Balaban J connectivity index is 2.43. The fraction of sp³-hybridized carbons (Fsp3) is 0.643. The molecule has 0 aliphatic carbocycles. The van der Waals surface area contributed by atoms with Crippen molar-refractivity contribution in [3.05, 3.63) is 12.4 Å². The number of rotatable bonds is 4. The summed E-state index contributed by atoms with van der Waals surface area (Å²) in [6.45, 7) is 8.29. The second-order valence-electron chi connectivity index (χ2n) is 5.33. The van der Waals surface area contributed by atoms with Crippen LogP contribution in [0.4, 0.5) is 5.69 Å². The Bertz CT molecular complexity index is 525. The zero-order valence-electron chi connectivity index (χ0n) is 12.5. The van der Waals surface area contributed by atoms with Crippen LogP contribution < -0.4 is 10.2 Å². The number of amides is 2. The Labute approximate surface area is 119 Å². The number of hydrogen-bond acceptors (Lipinski definition) is 3. The van der Waals surface area contributed by atoms with Crippen LogP contribution in [-0.4, -0.2) is 33.2 Å². The molecule has 1 aromatic rings. The van der Waals surface area contributed by atoms with Gasteiger partial charge in [0, 0.05) is 12.7 Å². The van der Waals surface area contributed by atoms with Crippen LogP contribution in [0.15, 0.2) is 12.4 Å². The van der Waals surface area contributed by atoms with E-state index >= 15 is 0 Å². The van der Waals surface area contributed by atoms with Gasteiger partial charge in [0.05, 0.1) is 11.9 Å². The lowest BCUT2D eigenvalue weighted by atomic mass is 9.91. The highest BCUT2D eigenvalue weighted by Crippen LogP contribution is 2.28. The normalized spacial score (nSPS) is 26.8. The van der Waals surface area contributed by atoms with Crippen LogP contribution in [0.25, 0.3) is 0 Å². The third-order valence-electron chi connectivity index (χ3n) is 4.02. The summed E-state index contributed by atoms with van der Waals surface area (Å²) in [6.07, 6.45) is 4.61. The molecule has 0 aromatic carbocycles. The lowest BCUT2D eigenvalue weighted by Gasteiger charge is -2.43. The van der Waals surface area contributed by atoms with Crippen molar-refractivity contribution < 1.29 is 9.59 Å². The van der Waals surface area contributed by atoms with Crippen molar-refractivity contribution in [2.45, 2.75) is 58.7 Å². The average molecular weight is 278 g/mol. The Kier molecular flexibility index (Phi) is 3.83. The summed E-state index contributed by atoms with van der Waals surface area (Å²) in [5.74, 6) is -0.164. The second kappa shape index (κ2) is 5.26. The first-order valence-electron chi connectivity index (χ1n) is 7.15. The van der Waals surface area contributed by atoms with Crippen molar-refractivity contribution in [2.24, 2.45) is 0 Å². The molecule has 0 radical (unpaired) electrons.